The van der Waals surface area contributed by atoms with Gasteiger partial charge in [-0.05, 0) is 30.5 Å². The summed E-state index contributed by atoms with van der Waals surface area (Å²) >= 11 is 6.06. The lowest BCUT2D eigenvalue weighted by Gasteiger charge is -2.14. The SMILES string of the molecule is CCC(CC)CNc1ccc(C)c(Cl)c1. The number of halogens is 1. The molecule has 0 radical (unpaired) electrons. The predicted molar refractivity (Wildman–Crippen MR) is 68.8 cm³/mol. The Kier molecular flexibility index (Phi) is 4.97. The smallest absolute Gasteiger partial charge is 0.0455 e. The fourth-order valence-electron chi connectivity index (χ4n) is 1.54. The van der Waals surface area contributed by atoms with E-state index in [1.165, 1.54) is 12.8 Å². The molecule has 15 heavy (non-hydrogen) atoms. The van der Waals surface area contributed by atoms with Crippen molar-refractivity contribution in [3.05, 3.63) is 28.8 Å². The van der Waals surface area contributed by atoms with E-state index < -0.39 is 0 Å². The molecule has 1 N–H and O–H groups in total. The molecule has 0 unspecified atom stereocenters. The van der Waals surface area contributed by atoms with Crippen LogP contribution in [0.3, 0.4) is 0 Å². The number of benzene rings is 1. The van der Waals surface area contributed by atoms with Gasteiger partial charge in [0.2, 0.25) is 0 Å². The molecule has 0 saturated heterocycles. The fraction of sp³-hybridized carbons (Fsp3) is 0.538. The van der Waals surface area contributed by atoms with Gasteiger partial charge in [-0.1, -0.05) is 44.4 Å². The molecule has 0 aliphatic carbocycles. The van der Waals surface area contributed by atoms with E-state index in [2.05, 4.69) is 31.3 Å². The van der Waals surface area contributed by atoms with Gasteiger partial charge in [-0.25, -0.2) is 0 Å². The Bertz CT molecular complexity index is 305. The van der Waals surface area contributed by atoms with Gasteiger partial charge < -0.3 is 5.32 Å². The quantitative estimate of drug-likeness (QED) is 0.778. The average molecular weight is 226 g/mol. The first-order valence-electron chi connectivity index (χ1n) is 5.67. The number of rotatable bonds is 5. The molecule has 0 bridgehead atoms. The summed E-state index contributed by atoms with van der Waals surface area (Å²) in [7, 11) is 0. The highest BCUT2D eigenvalue weighted by Crippen LogP contribution is 2.20. The summed E-state index contributed by atoms with van der Waals surface area (Å²) in [5.74, 6) is 0.755. The molecule has 0 amide bonds. The number of nitrogens with one attached hydrogen (secondary N) is 1. The zero-order valence-electron chi connectivity index (χ0n) is 9.81. The third-order valence-electron chi connectivity index (χ3n) is 2.92. The van der Waals surface area contributed by atoms with Gasteiger partial charge in [-0.15, -0.1) is 0 Å². The van der Waals surface area contributed by atoms with Crippen LogP contribution in [0.5, 0.6) is 0 Å². The molecular formula is C13H20ClN. The van der Waals surface area contributed by atoms with Gasteiger partial charge in [0.25, 0.3) is 0 Å². The topological polar surface area (TPSA) is 12.0 Å². The fourth-order valence-corrected chi connectivity index (χ4v) is 1.72. The van der Waals surface area contributed by atoms with Gasteiger partial charge in [0.1, 0.15) is 0 Å². The van der Waals surface area contributed by atoms with Crippen LogP contribution in [0.4, 0.5) is 5.69 Å². The van der Waals surface area contributed by atoms with Gasteiger partial charge in [0.05, 0.1) is 0 Å². The van der Waals surface area contributed by atoms with E-state index in [-0.39, 0.29) is 0 Å². The summed E-state index contributed by atoms with van der Waals surface area (Å²) in [4.78, 5) is 0. The lowest BCUT2D eigenvalue weighted by molar-refractivity contribution is 0.519. The summed E-state index contributed by atoms with van der Waals surface area (Å²) in [5.41, 5.74) is 2.25. The van der Waals surface area contributed by atoms with Gasteiger partial charge in [0, 0.05) is 17.3 Å². The van der Waals surface area contributed by atoms with Crippen LogP contribution in [-0.2, 0) is 0 Å². The maximum Gasteiger partial charge on any atom is 0.0455 e. The number of anilines is 1. The van der Waals surface area contributed by atoms with E-state index in [9.17, 15) is 0 Å². The normalized spacial score (nSPS) is 10.7. The third kappa shape index (κ3) is 3.75. The molecule has 84 valence electrons. The summed E-state index contributed by atoms with van der Waals surface area (Å²) in [6.45, 7) is 7.52. The first-order chi connectivity index (χ1) is 7.17. The Morgan fingerprint density at radius 1 is 1.27 bits per heavy atom. The summed E-state index contributed by atoms with van der Waals surface area (Å²) < 4.78 is 0. The van der Waals surface area contributed by atoms with Crippen molar-refractivity contribution in [1.82, 2.24) is 0 Å². The minimum Gasteiger partial charge on any atom is -0.385 e. The van der Waals surface area contributed by atoms with Crippen LogP contribution in [-0.4, -0.2) is 6.54 Å². The largest absolute Gasteiger partial charge is 0.385 e. The van der Waals surface area contributed by atoms with E-state index in [0.29, 0.717) is 0 Å². The van der Waals surface area contributed by atoms with Crippen molar-refractivity contribution in [1.29, 1.82) is 0 Å². The maximum atomic E-state index is 6.06. The molecule has 1 aromatic rings. The number of hydrogen-bond acceptors (Lipinski definition) is 1. The van der Waals surface area contributed by atoms with Crippen molar-refractivity contribution in [3.63, 3.8) is 0 Å². The Hall–Kier alpha value is -0.690. The zero-order chi connectivity index (χ0) is 11.3. The van der Waals surface area contributed by atoms with Crippen molar-refractivity contribution in [2.75, 3.05) is 11.9 Å². The summed E-state index contributed by atoms with van der Waals surface area (Å²) in [6, 6.07) is 6.14. The third-order valence-corrected chi connectivity index (χ3v) is 3.33. The molecule has 0 aliphatic heterocycles. The van der Waals surface area contributed by atoms with Crippen molar-refractivity contribution >= 4 is 17.3 Å². The Morgan fingerprint density at radius 3 is 2.47 bits per heavy atom. The Morgan fingerprint density at radius 2 is 1.93 bits per heavy atom. The minimum absolute atomic E-state index is 0.755. The van der Waals surface area contributed by atoms with Crippen LogP contribution in [0.25, 0.3) is 0 Å². The lowest BCUT2D eigenvalue weighted by Crippen LogP contribution is -2.12. The van der Waals surface area contributed by atoms with E-state index in [4.69, 9.17) is 11.6 Å². The standard InChI is InChI=1S/C13H20ClN/c1-4-11(5-2)9-15-12-7-6-10(3)13(14)8-12/h6-8,11,15H,4-5,9H2,1-3H3. The molecular weight excluding hydrogens is 206 g/mol. The van der Waals surface area contributed by atoms with Crippen LogP contribution in [0.15, 0.2) is 18.2 Å². The van der Waals surface area contributed by atoms with Crippen LogP contribution in [0.2, 0.25) is 5.02 Å². The maximum absolute atomic E-state index is 6.06. The van der Waals surface area contributed by atoms with Gasteiger partial charge in [0.15, 0.2) is 0 Å². The van der Waals surface area contributed by atoms with Gasteiger partial charge in [-0.2, -0.15) is 0 Å². The molecule has 0 atom stereocenters. The van der Waals surface area contributed by atoms with Crippen LogP contribution in [0.1, 0.15) is 32.3 Å². The minimum atomic E-state index is 0.755. The van der Waals surface area contributed by atoms with Crippen LogP contribution in [0, 0.1) is 12.8 Å². The molecule has 0 saturated carbocycles. The Labute approximate surface area is 97.8 Å². The molecule has 2 heteroatoms. The van der Waals surface area contributed by atoms with E-state index in [1.807, 2.05) is 13.0 Å². The molecule has 0 spiro atoms. The average Bonchev–Trinajstić information content (AvgIpc) is 2.24. The monoisotopic (exact) mass is 225 g/mol. The number of hydrogen-bond donors (Lipinski definition) is 1. The van der Waals surface area contributed by atoms with E-state index in [0.717, 1.165) is 28.7 Å². The van der Waals surface area contributed by atoms with Crippen molar-refractivity contribution < 1.29 is 0 Å². The van der Waals surface area contributed by atoms with E-state index >= 15 is 0 Å². The zero-order valence-corrected chi connectivity index (χ0v) is 10.6. The van der Waals surface area contributed by atoms with Crippen molar-refractivity contribution in [3.8, 4) is 0 Å². The first-order valence-corrected chi connectivity index (χ1v) is 6.05. The molecule has 0 heterocycles. The first kappa shape index (κ1) is 12.4. The second-order valence-corrected chi connectivity index (χ2v) is 4.43. The number of aryl methyl sites for hydroxylation is 1. The lowest BCUT2D eigenvalue weighted by atomic mass is 10.0. The molecule has 0 fully saturated rings. The highest BCUT2D eigenvalue weighted by Gasteiger charge is 2.03. The molecule has 1 nitrogen and oxygen atoms in total. The van der Waals surface area contributed by atoms with Gasteiger partial charge in [-0.3, -0.25) is 0 Å². The van der Waals surface area contributed by atoms with E-state index in [1.54, 1.807) is 0 Å². The molecule has 0 aromatic heterocycles. The highest BCUT2D eigenvalue weighted by molar-refractivity contribution is 6.31. The van der Waals surface area contributed by atoms with Crippen LogP contribution >= 0.6 is 11.6 Å². The second-order valence-electron chi connectivity index (χ2n) is 4.03. The Balaban J connectivity index is 2.54. The summed E-state index contributed by atoms with van der Waals surface area (Å²) in [6.07, 6.45) is 2.45. The van der Waals surface area contributed by atoms with Crippen LogP contribution < -0.4 is 5.32 Å². The van der Waals surface area contributed by atoms with Crippen molar-refractivity contribution in [2.24, 2.45) is 5.92 Å². The predicted octanol–water partition coefficient (Wildman–Crippen LogP) is 4.50. The van der Waals surface area contributed by atoms with Crippen molar-refractivity contribution in [2.45, 2.75) is 33.6 Å². The van der Waals surface area contributed by atoms with Gasteiger partial charge >= 0.3 is 0 Å². The summed E-state index contributed by atoms with van der Waals surface area (Å²) in [5, 5.41) is 4.27. The molecule has 1 rings (SSSR count). The highest BCUT2D eigenvalue weighted by atomic mass is 35.5. The second kappa shape index (κ2) is 6.02. The molecule has 0 aliphatic rings. The molecule has 1 aromatic carbocycles.